The minimum absolute atomic E-state index is 0.655. The first-order valence-electron chi connectivity index (χ1n) is 5.58. The van der Waals surface area contributed by atoms with E-state index >= 15 is 0 Å². The molecular weight excluding hydrogens is 232 g/mol. The molecule has 0 radical (unpaired) electrons. The Hall–Kier alpha value is -1.39. The summed E-state index contributed by atoms with van der Waals surface area (Å²) in [6.07, 6.45) is 1.71. The summed E-state index contributed by atoms with van der Waals surface area (Å²) in [5.74, 6) is 0.890. The molecule has 1 heterocycles. The molecule has 0 bridgehead atoms. The first-order valence-corrected chi connectivity index (χ1v) is 6.46. The second-order valence-electron chi connectivity index (χ2n) is 3.80. The van der Waals surface area contributed by atoms with E-state index in [0.29, 0.717) is 6.54 Å². The number of thiazole rings is 1. The zero-order valence-electron chi connectivity index (χ0n) is 9.85. The van der Waals surface area contributed by atoms with Gasteiger partial charge in [0.15, 0.2) is 0 Å². The summed E-state index contributed by atoms with van der Waals surface area (Å²) < 4.78 is 5.20. The minimum atomic E-state index is 0.655. The van der Waals surface area contributed by atoms with E-state index in [2.05, 4.69) is 16.4 Å². The second kappa shape index (κ2) is 5.80. The molecule has 0 saturated carbocycles. The van der Waals surface area contributed by atoms with E-state index in [0.717, 1.165) is 29.3 Å². The van der Waals surface area contributed by atoms with Gasteiger partial charge in [-0.25, -0.2) is 4.98 Å². The quantitative estimate of drug-likeness (QED) is 0.882. The molecule has 1 aromatic carbocycles. The first kappa shape index (κ1) is 12.1. The van der Waals surface area contributed by atoms with Gasteiger partial charge in [-0.3, -0.25) is 0 Å². The normalized spacial score (nSPS) is 10.5. The van der Waals surface area contributed by atoms with E-state index in [9.17, 15) is 0 Å². The van der Waals surface area contributed by atoms with Crippen LogP contribution in [0.1, 0.15) is 16.3 Å². The highest BCUT2D eigenvalue weighted by Crippen LogP contribution is 2.18. The Labute approximate surface area is 105 Å². The fourth-order valence-electron chi connectivity index (χ4n) is 1.65. The number of nitrogens with zero attached hydrogens (tertiary/aromatic N) is 1. The van der Waals surface area contributed by atoms with Crippen molar-refractivity contribution in [3.8, 4) is 5.75 Å². The lowest BCUT2D eigenvalue weighted by Crippen LogP contribution is -2.02. The van der Waals surface area contributed by atoms with Crippen molar-refractivity contribution in [2.75, 3.05) is 13.7 Å². The number of ether oxygens (including phenoxy) is 1. The van der Waals surface area contributed by atoms with Crippen molar-refractivity contribution in [2.45, 2.75) is 12.8 Å². The maximum absolute atomic E-state index is 5.51. The Morgan fingerprint density at radius 3 is 3.06 bits per heavy atom. The van der Waals surface area contributed by atoms with E-state index in [1.807, 2.05) is 18.2 Å². The van der Waals surface area contributed by atoms with Gasteiger partial charge in [0, 0.05) is 18.2 Å². The second-order valence-corrected chi connectivity index (χ2v) is 4.74. The molecule has 0 atom stereocenters. The number of hydrogen-bond donors (Lipinski definition) is 1. The van der Waals surface area contributed by atoms with Crippen molar-refractivity contribution in [1.82, 2.24) is 4.98 Å². The number of hydrogen-bond acceptors (Lipinski definition) is 4. The molecule has 0 amide bonds. The Kier molecular flexibility index (Phi) is 4.12. The van der Waals surface area contributed by atoms with E-state index < -0.39 is 0 Å². The molecular formula is C13H16N2OS. The number of nitrogens with two attached hydrogens (primary N) is 1. The zero-order chi connectivity index (χ0) is 12.1. The maximum Gasteiger partial charge on any atom is 0.119 e. The minimum Gasteiger partial charge on any atom is -0.497 e. The van der Waals surface area contributed by atoms with Crippen LogP contribution >= 0.6 is 11.3 Å². The van der Waals surface area contributed by atoms with Crippen molar-refractivity contribution >= 4 is 11.3 Å². The van der Waals surface area contributed by atoms with Gasteiger partial charge in [0.2, 0.25) is 0 Å². The Balaban J connectivity index is 2.08. The van der Waals surface area contributed by atoms with Gasteiger partial charge in [-0.05, 0) is 24.2 Å². The fourth-order valence-corrected chi connectivity index (χ4v) is 2.51. The summed E-state index contributed by atoms with van der Waals surface area (Å²) in [6, 6.07) is 8.09. The highest BCUT2D eigenvalue weighted by atomic mass is 32.1. The molecule has 0 spiro atoms. The highest BCUT2D eigenvalue weighted by Gasteiger charge is 2.03. The van der Waals surface area contributed by atoms with Crippen molar-refractivity contribution < 1.29 is 4.74 Å². The van der Waals surface area contributed by atoms with E-state index in [4.69, 9.17) is 10.5 Å². The van der Waals surface area contributed by atoms with Gasteiger partial charge in [-0.15, -0.1) is 11.3 Å². The van der Waals surface area contributed by atoms with Crippen molar-refractivity contribution in [1.29, 1.82) is 0 Å². The molecule has 90 valence electrons. The topological polar surface area (TPSA) is 48.1 Å². The fraction of sp³-hybridized carbons (Fsp3) is 0.308. The summed E-state index contributed by atoms with van der Waals surface area (Å²) in [5, 5.41) is 3.21. The van der Waals surface area contributed by atoms with Crippen molar-refractivity contribution in [2.24, 2.45) is 5.73 Å². The predicted molar refractivity (Wildman–Crippen MR) is 70.7 cm³/mol. The number of benzene rings is 1. The molecule has 2 N–H and O–H groups in total. The molecule has 1 aromatic heterocycles. The lowest BCUT2D eigenvalue weighted by Gasteiger charge is -2.02. The van der Waals surface area contributed by atoms with Gasteiger partial charge in [0.25, 0.3) is 0 Å². The largest absolute Gasteiger partial charge is 0.497 e. The Bertz CT molecular complexity index is 482. The van der Waals surface area contributed by atoms with Gasteiger partial charge in [0.1, 0.15) is 5.75 Å². The monoisotopic (exact) mass is 248 g/mol. The van der Waals surface area contributed by atoms with Crippen LogP contribution in [0, 0.1) is 0 Å². The highest BCUT2D eigenvalue weighted by molar-refractivity contribution is 7.09. The van der Waals surface area contributed by atoms with Gasteiger partial charge in [0.05, 0.1) is 17.8 Å². The molecule has 0 saturated heterocycles. The molecule has 4 heteroatoms. The smallest absolute Gasteiger partial charge is 0.119 e. The molecule has 0 unspecified atom stereocenters. The van der Waals surface area contributed by atoms with Crippen LogP contribution in [0.4, 0.5) is 0 Å². The predicted octanol–water partition coefficient (Wildman–Crippen LogP) is 2.24. The van der Waals surface area contributed by atoms with Gasteiger partial charge >= 0.3 is 0 Å². The third kappa shape index (κ3) is 3.28. The summed E-state index contributed by atoms with van der Waals surface area (Å²) in [7, 11) is 1.68. The summed E-state index contributed by atoms with van der Waals surface area (Å²) in [4.78, 5) is 4.55. The van der Waals surface area contributed by atoms with Crippen LogP contribution in [0.5, 0.6) is 5.75 Å². The third-order valence-electron chi connectivity index (χ3n) is 2.49. The van der Waals surface area contributed by atoms with Crippen LogP contribution in [-0.2, 0) is 12.8 Å². The standard InChI is InChI=1S/C13H16N2OS/c1-16-12-4-2-3-10(7-12)8-13-15-11(5-6-14)9-17-13/h2-4,7,9H,5-6,8,14H2,1H3. The van der Waals surface area contributed by atoms with Crippen LogP contribution in [0.15, 0.2) is 29.6 Å². The summed E-state index contributed by atoms with van der Waals surface area (Å²) in [5.41, 5.74) is 7.82. The van der Waals surface area contributed by atoms with Crippen LogP contribution in [0.2, 0.25) is 0 Å². The zero-order valence-corrected chi connectivity index (χ0v) is 10.7. The molecule has 17 heavy (non-hydrogen) atoms. The molecule has 0 aliphatic rings. The maximum atomic E-state index is 5.51. The van der Waals surface area contributed by atoms with Gasteiger partial charge < -0.3 is 10.5 Å². The molecule has 0 aliphatic carbocycles. The van der Waals surface area contributed by atoms with E-state index in [-0.39, 0.29) is 0 Å². The van der Waals surface area contributed by atoms with Crippen LogP contribution < -0.4 is 10.5 Å². The van der Waals surface area contributed by atoms with Gasteiger partial charge in [-0.2, -0.15) is 0 Å². The van der Waals surface area contributed by atoms with Crippen LogP contribution in [-0.4, -0.2) is 18.6 Å². The summed E-state index contributed by atoms with van der Waals surface area (Å²) >= 11 is 1.69. The third-order valence-corrected chi connectivity index (χ3v) is 3.39. The van der Waals surface area contributed by atoms with Crippen LogP contribution in [0.3, 0.4) is 0 Å². The molecule has 0 fully saturated rings. The van der Waals surface area contributed by atoms with Crippen LogP contribution in [0.25, 0.3) is 0 Å². The van der Waals surface area contributed by atoms with E-state index in [1.54, 1.807) is 18.4 Å². The van der Waals surface area contributed by atoms with Gasteiger partial charge in [-0.1, -0.05) is 12.1 Å². The van der Waals surface area contributed by atoms with E-state index in [1.165, 1.54) is 5.56 Å². The number of methoxy groups -OCH3 is 1. The lowest BCUT2D eigenvalue weighted by atomic mass is 10.1. The molecule has 2 rings (SSSR count). The molecule has 0 aliphatic heterocycles. The van der Waals surface area contributed by atoms with Crippen molar-refractivity contribution in [3.05, 3.63) is 45.9 Å². The Morgan fingerprint density at radius 2 is 2.29 bits per heavy atom. The summed E-state index contributed by atoms with van der Waals surface area (Å²) in [6.45, 7) is 0.655. The number of aromatic nitrogens is 1. The average molecular weight is 248 g/mol. The van der Waals surface area contributed by atoms with Crippen molar-refractivity contribution in [3.63, 3.8) is 0 Å². The first-order chi connectivity index (χ1) is 8.31. The lowest BCUT2D eigenvalue weighted by molar-refractivity contribution is 0.414. The SMILES string of the molecule is COc1cccc(Cc2nc(CCN)cs2)c1. The molecule has 2 aromatic rings. The average Bonchev–Trinajstić information content (AvgIpc) is 2.77. The molecule has 3 nitrogen and oxygen atoms in total. The number of rotatable bonds is 5. The Morgan fingerprint density at radius 1 is 1.41 bits per heavy atom.